The van der Waals surface area contributed by atoms with Crippen molar-refractivity contribution in [2.45, 2.75) is 5.16 Å². The van der Waals surface area contributed by atoms with Gasteiger partial charge in [0.15, 0.2) is 10.9 Å². The summed E-state index contributed by atoms with van der Waals surface area (Å²) in [4.78, 5) is 12.8. The fraction of sp³-hybridized carbons (Fsp3) is 0.105. The molecule has 0 fully saturated rings. The minimum atomic E-state index is -0.199. The van der Waals surface area contributed by atoms with Gasteiger partial charge in [-0.3, -0.25) is 9.36 Å². The molecular formula is C19H17N3O2S. The van der Waals surface area contributed by atoms with Crippen LogP contribution in [0.25, 0.3) is 17.8 Å². The Balaban J connectivity index is 2.00. The second-order valence-electron chi connectivity index (χ2n) is 5.15. The van der Waals surface area contributed by atoms with Crippen LogP contribution in [-0.2, 0) is 0 Å². The van der Waals surface area contributed by atoms with E-state index in [-0.39, 0.29) is 11.3 Å². The van der Waals surface area contributed by atoms with Crippen molar-refractivity contribution < 1.29 is 4.74 Å². The summed E-state index contributed by atoms with van der Waals surface area (Å²) in [6, 6.07) is 17.0. The van der Waals surface area contributed by atoms with Crippen molar-refractivity contribution in [2.75, 3.05) is 13.4 Å². The number of nitrogens with zero attached hydrogens (tertiary/aromatic N) is 3. The van der Waals surface area contributed by atoms with E-state index in [2.05, 4.69) is 10.2 Å². The lowest BCUT2D eigenvalue weighted by atomic mass is 10.2. The van der Waals surface area contributed by atoms with Gasteiger partial charge in [-0.25, -0.2) is 0 Å². The Morgan fingerprint density at radius 2 is 1.72 bits per heavy atom. The second-order valence-corrected chi connectivity index (χ2v) is 5.93. The smallest absolute Gasteiger partial charge is 0.284 e. The number of aromatic nitrogens is 3. The summed E-state index contributed by atoms with van der Waals surface area (Å²) >= 11 is 1.38. The third-order valence-electron chi connectivity index (χ3n) is 3.60. The highest BCUT2D eigenvalue weighted by molar-refractivity contribution is 7.98. The highest BCUT2D eigenvalue weighted by Gasteiger charge is 2.11. The van der Waals surface area contributed by atoms with E-state index < -0.39 is 0 Å². The van der Waals surface area contributed by atoms with Gasteiger partial charge in [-0.2, -0.15) is 0 Å². The molecule has 6 heteroatoms. The summed E-state index contributed by atoms with van der Waals surface area (Å²) < 4.78 is 6.71. The summed E-state index contributed by atoms with van der Waals surface area (Å²) in [5.41, 5.74) is 1.81. The largest absolute Gasteiger partial charge is 0.497 e. The molecule has 1 heterocycles. The molecule has 0 aliphatic rings. The molecule has 3 rings (SSSR count). The Morgan fingerprint density at radius 1 is 1.00 bits per heavy atom. The van der Waals surface area contributed by atoms with E-state index in [1.807, 2.05) is 66.9 Å². The van der Waals surface area contributed by atoms with E-state index in [0.29, 0.717) is 5.16 Å². The molecule has 0 amide bonds. The standard InChI is InChI=1S/C19H17N3O2S/c1-24-16-11-8-14(9-12-16)10-13-17-18(23)22(19(25-2)21-20-17)15-6-4-3-5-7-15/h3-13H,1-2H3/b13-10+. The van der Waals surface area contributed by atoms with Crippen molar-refractivity contribution in [2.24, 2.45) is 0 Å². The maximum Gasteiger partial charge on any atom is 0.284 e. The molecule has 2 aromatic carbocycles. The van der Waals surface area contributed by atoms with Crippen LogP contribution >= 0.6 is 11.8 Å². The lowest BCUT2D eigenvalue weighted by Crippen LogP contribution is -2.25. The van der Waals surface area contributed by atoms with Gasteiger partial charge >= 0.3 is 0 Å². The first-order valence-corrected chi connectivity index (χ1v) is 8.86. The van der Waals surface area contributed by atoms with Crippen molar-refractivity contribution in [3.05, 3.63) is 76.2 Å². The molecule has 0 aliphatic carbocycles. The summed E-state index contributed by atoms with van der Waals surface area (Å²) in [6.45, 7) is 0. The third-order valence-corrected chi connectivity index (χ3v) is 4.23. The van der Waals surface area contributed by atoms with Gasteiger partial charge in [0.25, 0.3) is 5.56 Å². The first kappa shape index (κ1) is 17.0. The number of ether oxygens (including phenoxy) is 1. The quantitative estimate of drug-likeness (QED) is 0.658. The Hall–Kier alpha value is -2.86. The van der Waals surface area contributed by atoms with Crippen LogP contribution in [0.15, 0.2) is 64.5 Å². The van der Waals surface area contributed by atoms with Gasteiger partial charge in [0, 0.05) is 0 Å². The van der Waals surface area contributed by atoms with Crippen molar-refractivity contribution in [3.8, 4) is 11.4 Å². The number of hydrogen-bond donors (Lipinski definition) is 0. The van der Waals surface area contributed by atoms with Crippen molar-refractivity contribution in [1.29, 1.82) is 0 Å². The molecule has 1 aromatic heterocycles. The number of para-hydroxylation sites is 1. The van der Waals surface area contributed by atoms with E-state index in [4.69, 9.17) is 4.74 Å². The molecule has 25 heavy (non-hydrogen) atoms. The molecule has 5 nitrogen and oxygen atoms in total. The molecule has 3 aromatic rings. The van der Waals surface area contributed by atoms with Gasteiger partial charge in [0.1, 0.15) is 5.75 Å². The van der Waals surface area contributed by atoms with Gasteiger partial charge in [-0.15, -0.1) is 10.2 Å². The predicted octanol–water partition coefficient (Wildman–Crippen LogP) is 3.53. The van der Waals surface area contributed by atoms with Gasteiger partial charge < -0.3 is 4.74 Å². The molecule has 0 saturated heterocycles. The molecule has 0 radical (unpaired) electrons. The first-order chi connectivity index (χ1) is 12.2. The fourth-order valence-corrected chi connectivity index (χ4v) is 2.81. The Morgan fingerprint density at radius 3 is 2.36 bits per heavy atom. The maximum absolute atomic E-state index is 12.8. The third kappa shape index (κ3) is 3.80. The molecule has 0 saturated carbocycles. The fourth-order valence-electron chi connectivity index (χ4n) is 2.32. The molecular weight excluding hydrogens is 334 g/mol. The number of thioether (sulfide) groups is 1. The Labute approximate surface area is 150 Å². The Bertz CT molecular complexity index is 935. The molecule has 0 N–H and O–H groups in total. The lowest BCUT2D eigenvalue weighted by molar-refractivity contribution is 0.415. The predicted molar refractivity (Wildman–Crippen MR) is 101 cm³/mol. The van der Waals surface area contributed by atoms with Crippen molar-refractivity contribution >= 4 is 23.9 Å². The summed E-state index contributed by atoms with van der Waals surface area (Å²) in [5, 5.41) is 8.80. The number of benzene rings is 2. The van der Waals surface area contributed by atoms with E-state index in [1.165, 1.54) is 11.8 Å². The average molecular weight is 351 g/mol. The number of methoxy groups -OCH3 is 1. The second kappa shape index (κ2) is 7.81. The first-order valence-electron chi connectivity index (χ1n) is 7.64. The maximum atomic E-state index is 12.8. The number of rotatable bonds is 5. The normalized spacial score (nSPS) is 11.0. The zero-order valence-electron chi connectivity index (χ0n) is 13.9. The van der Waals surface area contributed by atoms with Gasteiger partial charge in [-0.05, 0) is 42.2 Å². The van der Waals surface area contributed by atoms with E-state index in [0.717, 1.165) is 17.0 Å². The number of hydrogen-bond acceptors (Lipinski definition) is 5. The van der Waals surface area contributed by atoms with Crippen LogP contribution in [-0.4, -0.2) is 28.1 Å². The Kier molecular flexibility index (Phi) is 5.30. The average Bonchev–Trinajstić information content (AvgIpc) is 2.67. The van der Waals surface area contributed by atoms with Crippen LogP contribution in [0.5, 0.6) is 5.75 Å². The molecule has 0 aliphatic heterocycles. The van der Waals surface area contributed by atoms with Crippen LogP contribution in [0.4, 0.5) is 0 Å². The van der Waals surface area contributed by atoms with Crippen LogP contribution in [0, 0.1) is 0 Å². The van der Waals surface area contributed by atoms with Crippen LogP contribution in [0.3, 0.4) is 0 Å². The molecule has 0 unspecified atom stereocenters. The van der Waals surface area contributed by atoms with E-state index in [1.54, 1.807) is 17.8 Å². The van der Waals surface area contributed by atoms with Crippen LogP contribution in [0.2, 0.25) is 0 Å². The summed E-state index contributed by atoms with van der Waals surface area (Å²) in [5.74, 6) is 0.785. The van der Waals surface area contributed by atoms with Crippen molar-refractivity contribution in [1.82, 2.24) is 14.8 Å². The van der Waals surface area contributed by atoms with Crippen LogP contribution in [0.1, 0.15) is 11.3 Å². The lowest BCUT2D eigenvalue weighted by Gasteiger charge is -2.09. The minimum Gasteiger partial charge on any atom is -0.497 e. The summed E-state index contributed by atoms with van der Waals surface area (Å²) in [6.07, 6.45) is 5.38. The highest BCUT2D eigenvalue weighted by Crippen LogP contribution is 2.16. The molecule has 0 bridgehead atoms. The van der Waals surface area contributed by atoms with Gasteiger partial charge in [-0.1, -0.05) is 48.2 Å². The monoisotopic (exact) mass is 351 g/mol. The zero-order chi connectivity index (χ0) is 17.6. The van der Waals surface area contributed by atoms with Gasteiger partial charge in [0.05, 0.1) is 12.8 Å². The van der Waals surface area contributed by atoms with E-state index >= 15 is 0 Å². The summed E-state index contributed by atoms with van der Waals surface area (Å²) in [7, 11) is 1.62. The van der Waals surface area contributed by atoms with Gasteiger partial charge in [0.2, 0.25) is 0 Å². The molecule has 0 spiro atoms. The molecule has 126 valence electrons. The SMILES string of the molecule is COc1ccc(/C=C/c2nnc(SC)n(-c3ccccc3)c2=O)cc1. The van der Waals surface area contributed by atoms with E-state index in [9.17, 15) is 4.79 Å². The van der Waals surface area contributed by atoms with Crippen molar-refractivity contribution in [3.63, 3.8) is 0 Å². The zero-order valence-corrected chi connectivity index (χ0v) is 14.7. The van der Waals surface area contributed by atoms with Crippen LogP contribution < -0.4 is 10.3 Å². The highest BCUT2D eigenvalue weighted by atomic mass is 32.2. The minimum absolute atomic E-state index is 0.199. The topological polar surface area (TPSA) is 57.0 Å². The molecule has 0 atom stereocenters.